The van der Waals surface area contributed by atoms with Crippen LogP contribution in [0.4, 0.5) is 5.95 Å². The van der Waals surface area contributed by atoms with Gasteiger partial charge in [-0.15, -0.1) is 10.2 Å². The number of rotatable bonds is 1. The first-order chi connectivity index (χ1) is 13.8. The van der Waals surface area contributed by atoms with Gasteiger partial charge in [0.15, 0.2) is 11.3 Å². The van der Waals surface area contributed by atoms with Gasteiger partial charge in [-0.2, -0.15) is 0 Å². The fourth-order valence-electron chi connectivity index (χ4n) is 3.83. The summed E-state index contributed by atoms with van der Waals surface area (Å²) >= 11 is 0. The Morgan fingerprint density at radius 3 is 2.75 bits per heavy atom. The topological polar surface area (TPSA) is 111 Å². The molecule has 8 heteroatoms. The van der Waals surface area contributed by atoms with Gasteiger partial charge in [0.25, 0.3) is 0 Å². The SMILES string of the molecule is Nc1ncc2ccccc2n1.c1cc2c(ncc3nnc(C4CCCC4)n32)[nH]1. The predicted octanol–water partition coefficient (Wildman–Crippen LogP) is 3.48. The summed E-state index contributed by atoms with van der Waals surface area (Å²) in [6, 6.07) is 9.77. The van der Waals surface area contributed by atoms with E-state index < -0.39 is 0 Å². The molecule has 0 aliphatic heterocycles. The number of benzene rings is 1. The lowest BCUT2D eigenvalue weighted by atomic mass is 10.1. The molecule has 0 spiro atoms. The van der Waals surface area contributed by atoms with E-state index >= 15 is 0 Å². The van der Waals surface area contributed by atoms with Crippen molar-refractivity contribution in [2.75, 3.05) is 5.73 Å². The van der Waals surface area contributed by atoms with Crippen molar-refractivity contribution in [2.24, 2.45) is 0 Å². The van der Waals surface area contributed by atoms with Gasteiger partial charge in [0, 0.05) is 23.7 Å². The Labute approximate surface area is 160 Å². The molecule has 0 saturated heterocycles. The van der Waals surface area contributed by atoms with Gasteiger partial charge < -0.3 is 10.7 Å². The number of H-pyrrole nitrogens is 1. The molecule has 1 aliphatic carbocycles. The van der Waals surface area contributed by atoms with Gasteiger partial charge in [0.2, 0.25) is 5.95 Å². The molecule has 0 amide bonds. The van der Waals surface area contributed by atoms with Gasteiger partial charge in [0.1, 0.15) is 5.82 Å². The van der Waals surface area contributed by atoms with Crippen molar-refractivity contribution >= 4 is 33.7 Å². The monoisotopic (exact) mass is 372 g/mol. The van der Waals surface area contributed by atoms with Gasteiger partial charge >= 0.3 is 0 Å². The van der Waals surface area contributed by atoms with Crippen LogP contribution in [-0.2, 0) is 0 Å². The molecule has 1 aromatic carbocycles. The van der Waals surface area contributed by atoms with Crippen LogP contribution in [0.5, 0.6) is 0 Å². The van der Waals surface area contributed by atoms with Crippen LogP contribution in [0, 0.1) is 0 Å². The van der Waals surface area contributed by atoms with E-state index in [4.69, 9.17) is 5.73 Å². The van der Waals surface area contributed by atoms with Crippen molar-refractivity contribution in [1.82, 2.24) is 34.5 Å². The van der Waals surface area contributed by atoms with Crippen molar-refractivity contribution in [3.8, 4) is 0 Å². The number of nitrogens with zero attached hydrogens (tertiary/aromatic N) is 6. The van der Waals surface area contributed by atoms with E-state index in [0.717, 1.165) is 33.5 Å². The lowest BCUT2D eigenvalue weighted by Crippen LogP contribution is -2.01. The molecule has 4 heterocycles. The minimum Gasteiger partial charge on any atom is -0.368 e. The fraction of sp³-hybridized carbons (Fsp3) is 0.250. The van der Waals surface area contributed by atoms with Gasteiger partial charge in [-0.3, -0.25) is 4.40 Å². The molecule has 5 aromatic rings. The Hall–Kier alpha value is -3.55. The second kappa shape index (κ2) is 6.88. The zero-order valence-corrected chi connectivity index (χ0v) is 15.3. The molecule has 1 fully saturated rings. The molecule has 4 aromatic heterocycles. The van der Waals surface area contributed by atoms with Crippen LogP contribution in [0.3, 0.4) is 0 Å². The van der Waals surface area contributed by atoms with Crippen molar-refractivity contribution in [3.63, 3.8) is 0 Å². The molecule has 0 unspecified atom stereocenters. The first kappa shape index (κ1) is 16.6. The first-order valence-electron chi connectivity index (χ1n) is 9.44. The number of nitrogens with two attached hydrogens (primary N) is 1. The van der Waals surface area contributed by atoms with Crippen LogP contribution in [-0.4, -0.2) is 34.5 Å². The smallest absolute Gasteiger partial charge is 0.220 e. The predicted molar refractivity (Wildman–Crippen MR) is 108 cm³/mol. The van der Waals surface area contributed by atoms with Crippen LogP contribution >= 0.6 is 0 Å². The van der Waals surface area contributed by atoms with E-state index in [1.165, 1.54) is 25.7 Å². The lowest BCUT2D eigenvalue weighted by molar-refractivity contribution is 0.662. The Kier molecular flexibility index (Phi) is 4.08. The molecule has 8 nitrogen and oxygen atoms in total. The Morgan fingerprint density at radius 1 is 1.00 bits per heavy atom. The van der Waals surface area contributed by atoms with Crippen LogP contribution in [0.1, 0.15) is 37.4 Å². The van der Waals surface area contributed by atoms with E-state index in [1.54, 1.807) is 12.4 Å². The second-order valence-corrected chi connectivity index (χ2v) is 6.99. The van der Waals surface area contributed by atoms with Gasteiger partial charge in [-0.05, 0) is 25.0 Å². The maximum atomic E-state index is 5.40. The van der Waals surface area contributed by atoms with E-state index in [9.17, 15) is 0 Å². The molecular formula is C20H20N8. The zero-order valence-electron chi connectivity index (χ0n) is 15.3. The highest BCUT2D eigenvalue weighted by molar-refractivity contribution is 5.78. The van der Waals surface area contributed by atoms with Crippen molar-refractivity contribution in [3.05, 3.63) is 54.7 Å². The average molecular weight is 372 g/mol. The summed E-state index contributed by atoms with van der Waals surface area (Å²) in [7, 11) is 0. The number of para-hydroxylation sites is 1. The number of hydrogen-bond acceptors (Lipinski definition) is 6. The maximum absolute atomic E-state index is 5.40. The zero-order chi connectivity index (χ0) is 18.9. The van der Waals surface area contributed by atoms with Gasteiger partial charge in [-0.1, -0.05) is 31.0 Å². The van der Waals surface area contributed by atoms with Gasteiger partial charge in [-0.25, -0.2) is 15.0 Å². The third-order valence-corrected chi connectivity index (χ3v) is 5.19. The number of anilines is 1. The van der Waals surface area contributed by atoms with E-state index in [-0.39, 0.29) is 0 Å². The summed E-state index contributed by atoms with van der Waals surface area (Å²) < 4.78 is 2.15. The van der Waals surface area contributed by atoms with Crippen molar-refractivity contribution < 1.29 is 0 Å². The van der Waals surface area contributed by atoms with Crippen LogP contribution in [0.25, 0.3) is 27.7 Å². The summed E-state index contributed by atoms with van der Waals surface area (Å²) in [6.45, 7) is 0. The normalized spacial score (nSPS) is 14.6. The summed E-state index contributed by atoms with van der Waals surface area (Å²) in [5.74, 6) is 1.98. The molecule has 0 bridgehead atoms. The number of hydrogen-bond donors (Lipinski definition) is 2. The van der Waals surface area contributed by atoms with Crippen LogP contribution in [0.15, 0.2) is 48.9 Å². The summed E-state index contributed by atoms with van der Waals surface area (Å²) in [6.07, 6.45) is 10.5. The van der Waals surface area contributed by atoms with E-state index in [1.807, 2.05) is 36.5 Å². The van der Waals surface area contributed by atoms with Crippen LogP contribution < -0.4 is 5.73 Å². The molecule has 1 aliphatic rings. The first-order valence-corrected chi connectivity index (χ1v) is 9.44. The number of fused-ring (bicyclic) bond motifs is 4. The van der Waals surface area contributed by atoms with E-state index in [0.29, 0.717) is 11.9 Å². The molecule has 0 atom stereocenters. The minimum absolute atomic E-state index is 0.323. The number of aromatic amines is 1. The van der Waals surface area contributed by atoms with Crippen LogP contribution in [0.2, 0.25) is 0 Å². The Bertz CT molecular complexity index is 1250. The molecule has 6 rings (SSSR count). The Morgan fingerprint density at radius 2 is 1.86 bits per heavy atom. The standard InChI is InChI=1S/C12H13N5.C8H7N3/c1-2-4-8(3-1)12-16-15-10-7-14-11-9(17(10)12)5-6-13-11;9-8-10-5-6-3-1-2-4-7(6)11-8/h5-8,13H,1-4H2;1-5H,(H2,9,10,11). The van der Waals surface area contributed by atoms with Gasteiger partial charge in [0.05, 0.1) is 17.2 Å². The number of nitrogen functional groups attached to an aromatic ring is 1. The fourth-order valence-corrected chi connectivity index (χ4v) is 3.83. The highest BCUT2D eigenvalue weighted by atomic mass is 15.3. The quantitative estimate of drug-likeness (QED) is 0.466. The third-order valence-electron chi connectivity index (χ3n) is 5.19. The summed E-state index contributed by atoms with van der Waals surface area (Å²) in [4.78, 5) is 15.4. The lowest BCUT2D eigenvalue weighted by Gasteiger charge is -2.06. The maximum Gasteiger partial charge on any atom is 0.220 e. The Balaban J connectivity index is 0.000000135. The largest absolute Gasteiger partial charge is 0.368 e. The third kappa shape index (κ3) is 2.92. The van der Waals surface area contributed by atoms with E-state index in [2.05, 4.69) is 34.5 Å². The molecular weight excluding hydrogens is 352 g/mol. The molecule has 28 heavy (non-hydrogen) atoms. The average Bonchev–Trinajstić information content (AvgIpc) is 3.46. The molecule has 0 radical (unpaired) electrons. The summed E-state index contributed by atoms with van der Waals surface area (Å²) in [5.41, 5.74) is 9.11. The molecule has 1 saturated carbocycles. The highest BCUT2D eigenvalue weighted by Gasteiger charge is 2.23. The number of aromatic nitrogens is 7. The molecule has 140 valence electrons. The highest BCUT2D eigenvalue weighted by Crippen LogP contribution is 2.33. The minimum atomic E-state index is 0.323. The van der Waals surface area contributed by atoms with Crippen molar-refractivity contribution in [2.45, 2.75) is 31.6 Å². The van der Waals surface area contributed by atoms with Crippen molar-refractivity contribution in [1.29, 1.82) is 0 Å². The second-order valence-electron chi connectivity index (χ2n) is 6.99. The number of nitrogens with one attached hydrogen (secondary N) is 1. The molecule has 3 N–H and O–H groups in total. The summed E-state index contributed by atoms with van der Waals surface area (Å²) in [5, 5.41) is 9.61.